The number of halogens is 2. The Kier molecular flexibility index (Phi) is 6.75. The van der Waals surface area contributed by atoms with Crippen molar-refractivity contribution in [2.75, 3.05) is 13.2 Å². The molecule has 8 nitrogen and oxygen atoms in total. The summed E-state index contributed by atoms with van der Waals surface area (Å²) in [5.41, 5.74) is -0.575. The zero-order valence-electron chi connectivity index (χ0n) is 11.6. The van der Waals surface area contributed by atoms with Crippen LogP contribution in [0.2, 0.25) is 0 Å². The number of hydrogen-bond acceptors (Lipinski definition) is 6. The number of hydrogen-bond donors (Lipinski definition) is 2. The minimum atomic E-state index is -0.877. The van der Waals surface area contributed by atoms with Crippen LogP contribution in [0.4, 0.5) is 9.59 Å². The van der Waals surface area contributed by atoms with E-state index in [1.165, 1.54) is 0 Å². The van der Waals surface area contributed by atoms with Crippen molar-refractivity contribution in [3.8, 4) is 0 Å². The van der Waals surface area contributed by atoms with Crippen LogP contribution in [-0.4, -0.2) is 37.0 Å². The molecule has 2 N–H and O–H groups in total. The number of ether oxygens (including phenoxy) is 2. The van der Waals surface area contributed by atoms with Gasteiger partial charge < -0.3 is 9.47 Å². The van der Waals surface area contributed by atoms with Crippen LogP contribution < -0.4 is 10.6 Å². The first-order chi connectivity index (χ1) is 10.3. The molecule has 2 amide bonds. The van der Waals surface area contributed by atoms with Crippen molar-refractivity contribution >= 4 is 55.6 Å². The highest BCUT2D eigenvalue weighted by atomic mass is 79.9. The second-order valence-electron chi connectivity index (χ2n) is 3.73. The van der Waals surface area contributed by atoms with Gasteiger partial charge >= 0.3 is 12.2 Å². The van der Waals surface area contributed by atoms with Gasteiger partial charge in [-0.2, -0.15) is 0 Å². The smallest absolute Gasteiger partial charge is 0.411 e. The lowest BCUT2D eigenvalue weighted by Crippen LogP contribution is -2.37. The monoisotopic (exact) mass is 438 g/mol. The summed E-state index contributed by atoms with van der Waals surface area (Å²) in [4.78, 5) is 47.1. The van der Waals surface area contributed by atoms with Gasteiger partial charge in [0.15, 0.2) is 0 Å². The maximum Gasteiger partial charge on any atom is 0.411 e. The summed E-state index contributed by atoms with van der Waals surface area (Å²) in [5.74, 6) is -1.40. The number of ketones is 2. The molecule has 0 aliphatic heterocycles. The number of amides is 2. The Morgan fingerprint density at radius 3 is 1.45 bits per heavy atom. The van der Waals surface area contributed by atoms with Gasteiger partial charge in [0.1, 0.15) is 11.4 Å². The van der Waals surface area contributed by atoms with E-state index in [2.05, 4.69) is 52.0 Å². The minimum Gasteiger partial charge on any atom is -0.450 e. The Hall–Kier alpha value is -1.68. The van der Waals surface area contributed by atoms with Crippen LogP contribution in [0, 0.1) is 0 Å². The van der Waals surface area contributed by atoms with Gasteiger partial charge in [-0.1, -0.05) is 0 Å². The second-order valence-corrected chi connectivity index (χ2v) is 5.31. The zero-order chi connectivity index (χ0) is 16.9. The molecule has 1 aliphatic rings. The molecular weight excluding hydrogens is 428 g/mol. The molecule has 10 heteroatoms. The first kappa shape index (κ1) is 18.4. The highest BCUT2D eigenvalue weighted by Gasteiger charge is 2.34. The normalized spacial score (nSPS) is 14.9. The van der Waals surface area contributed by atoms with Gasteiger partial charge in [0.05, 0.1) is 22.2 Å². The number of alkyl carbamates (subject to hydrolysis) is 2. The Labute approximate surface area is 142 Å². The summed E-state index contributed by atoms with van der Waals surface area (Å²) in [6, 6.07) is 0. The van der Waals surface area contributed by atoms with E-state index >= 15 is 0 Å². The van der Waals surface area contributed by atoms with Crippen LogP contribution in [-0.2, 0) is 19.1 Å². The van der Waals surface area contributed by atoms with Gasteiger partial charge in [-0.15, -0.1) is 0 Å². The molecule has 120 valence electrons. The highest BCUT2D eigenvalue weighted by Crippen LogP contribution is 2.29. The lowest BCUT2D eigenvalue weighted by Gasteiger charge is -2.19. The Balaban J connectivity index is 3.03. The largest absolute Gasteiger partial charge is 0.450 e. The first-order valence-corrected chi connectivity index (χ1v) is 7.68. The summed E-state index contributed by atoms with van der Waals surface area (Å²) in [7, 11) is 0. The highest BCUT2D eigenvalue weighted by molar-refractivity contribution is 9.12. The fourth-order valence-corrected chi connectivity index (χ4v) is 2.36. The van der Waals surface area contributed by atoms with Crippen molar-refractivity contribution in [3.05, 3.63) is 20.4 Å². The van der Waals surface area contributed by atoms with Crippen molar-refractivity contribution in [1.82, 2.24) is 10.6 Å². The third kappa shape index (κ3) is 4.17. The van der Waals surface area contributed by atoms with E-state index in [0.717, 1.165) is 0 Å². The van der Waals surface area contributed by atoms with Crippen LogP contribution >= 0.6 is 31.9 Å². The molecule has 0 radical (unpaired) electrons. The average molecular weight is 440 g/mol. The summed E-state index contributed by atoms with van der Waals surface area (Å²) >= 11 is 5.86. The predicted octanol–water partition coefficient (Wildman–Crippen LogP) is 1.84. The summed E-state index contributed by atoms with van der Waals surface area (Å²) in [5, 5.41) is 4.34. The van der Waals surface area contributed by atoms with Crippen LogP contribution in [0.1, 0.15) is 13.8 Å². The van der Waals surface area contributed by atoms with Gasteiger partial charge in [-0.25, -0.2) is 9.59 Å². The van der Waals surface area contributed by atoms with Gasteiger partial charge in [0.25, 0.3) is 0 Å². The lowest BCUT2D eigenvalue weighted by atomic mass is 10.1. The van der Waals surface area contributed by atoms with E-state index in [0.29, 0.717) is 0 Å². The van der Waals surface area contributed by atoms with Gasteiger partial charge in [-0.3, -0.25) is 20.2 Å². The van der Waals surface area contributed by atoms with Gasteiger partial charge in [0, 0.05) is 0 Å². The quantitative estimate of drug-likeness (QED) is 0.646. The number of carbonyl (C=O) groups is 4. The molecule has 0 heterocycles. The zero-order valence-corrected chi connectivity index (χ0v) is 14.8. The third-order valence-electron chi connectivity index (χ3n) is 2.30. The molecule has 1 rings (SSSR count). The number of carbonyl (C=O) groups excluding carboxylic acids is 4. The molecule has 0 atom stereocenters. The van der Waals surface area contributed by atoms with Crippen molar-refractivity contribution in [2.24, 2.45) is 0 Å². The topological polar surface area (TPSA) is 111 Å². The summed E-state index contributed by atoms with van der Waals surface area (Å²) in [6.07, 6.45) is -1.75. The number of Topliss-reactive ketones (excluding diaryl/α,β-unsaturated/α-hetero) is 2. The number of nitrogens with one attached hydrogen (secondary N) is 2. The molecule has 0 saturated carbocycles. The van der Waals surface area contributed by atoms with Gasteiger partial charge in [-0.05, 0) is 45.7 Å². The standard InChI is InChI=1S/C12H12Br2N2O6/c1-3-21-11(19)15-7-5(13)10(18)8(6(14)9(7)17)16-12(20)22-4-2/h3-4H2,1-2H3,(H,15,19)(H,16,20). The van der Waals surface area contributed by atoms with E-state index in [4.69, 9.17) is 0 Å². The van der Waals surface area contributed by atoms with E-state index < -0.39 is 23.8 Å². The van der Waals surface area contributed by atoms with Crippen molar-refractivity contribution in [3.63, 3.8) is 0 Å². The fourth-order valence-electron chi connectivity index (χ4n) is 1.41. The summed E-state index contributed by atoms with van der Waals surface area (Å²) in [6.45, 7) is 3.39. The molecule has 0 bridgehead atoms. The average Bonchev–Trinajstić information content (AvgIpc) is 2.47. The van der Waals surface area contributed by atoms with Crippen LogP contribution in [0.25, 0.3) is 0 Å². The maximum atomic E-state index is 12.2. The molecule has 0 saturated heterocycles. The van der Waals surface area contributed by atoms with Crippen molar-refractivity contribution < 1.29 is 28.7 Å². The van der Waals surface area contributed by atoms with Crippen molar-refractivity contribution in [2.45, 2.75) is 13.8 Å². The Morgan fingerprint density at radius 2 is 1.18 bits per heavy atom. The van der Waals surface area contributed by atoms with Crippen molar-refractivity contribution in [1.29, 1.82) is 0 Å². The van der Waals surface area contributed by atoms with Crippen LogP contribution in [0.15, 0.2) is 20.4 Å². The lowest BCUT2D eigenvalue weighted by molar-refractivity contribution is -0.116. The second kappa shape index (κ2) is 8.08. The fraction of sp³-hybridized carbons (Fsp3) is 0.333. The molecule has 0 aromatic carbocycles. The van der Waals surface area contributed by atoms with E-state index in [1.54, 1.807) is 13.8 Å². The van der Waals surface area contributed by atoms with E-state index in [9.17, 15) is 19.2 Å². The molecule has 0 fully saturated rings. The molecule has 0 unspecified atom stereocenters. The predicted molar refractivity (Wildman–Crippen MR) is 82.2 cm³/mol. The number of allylic oxidation sites excluding steroid dienone is 2. The van der Waals surface area contributed by atoms with Gasteiger partial charge in [0.2, 0.25) is 11.6 Å². The molecular formula is C12H12Br2N2O6. The van der Waals surface area contributed by atoms with Crippen LogP contribution in [0.3, 0.4) is 0 Å². The molecule has 22 heavy (non-hydrogen) atoms. The third-order valence-corrected chi connectivity index (χ3v) is 3.81. The minimum absolute atomic E-state index is 0.103. The van der Waals surface area contributed by atoms with E-state index in [1.807, 2.05) is 0 Å². The SMILES string of the molecule is CCOC(=O)NC1=C(Br)C(=O)C(NC(=O)OCC)=C(Br)C1=O. The van der Waals surface area contributed by atoms with Crippen LogP contribution in [0.5, 0.6) is 0 Å². The number of rotatable bonds is 4. The maximum absolute atomic E-state index is 12.2. The molecule has 0 aromatic rings. The Bertz CT molecular complexity index is 544. The first-order valence-electron chi connectivity index (χ1n) is 6.09. The molecule has 0 spiro atoms. The molecule has 1 aliphatic carbocycles. The summed E-state index contributed by atoms with van der Waals surface area (Å²) < 4.78 is 8.88. The van der Waals surface area contributed by atoms with E-state index in [-0.39, 0.29) is 33.6 Å². The Morgan fingerprint density at radius 1 is 0.864 bits per heavy atom. The molecule has 0 aromatic heterocycles.